The Morgan fingerprint density at radius 1 is 1.08 bits per heavy atom. The number of aliphatic hydroxyl groups excluding tert-OH is 3. The molecule has 6 N–H and O–H groups in total. The van der Waals surface area contributed by atoms with E-state index in [2.05, 4.69) is 91.8 Å². The lowest BCUT2D eigenvalue weighted by molar-refractivity contribution is -0.256. The van der Waals surface area contributed by atoms with E-state index in [1.54, 1.807) is 7.11 Å². The van der Waals surface area contributed by atoms with Crippen LogP contribution in [0.15, 0.2) is 95.2 Å². The summed E-state index contributed by atoms with van der Waals surface area (Å²) in [6, 6.07) is 8.94. The van der Waals surface area contributed by atoms with Gasteiger partial charge in [-0.05, 0) is 145 Å². The summed E-state index contributed by atoms with van der Waals surface area (Å²) in [5, 5.41) is 53.8. The second-order valence-corrected chi connectivity index (χ2v) is 19.2. The smallest absolute Gasteiger partial charge is 0.145 e. The van der Waals surface area contributed by atoms with Gasteiger partial charge in [-0.25, -0.2) is 0 Å². The van der Waals surface area contributed by atoms with Gasteiger partial charge >= 0.3 is 0 Å². The van der Waals surface area contributed by atoms with Crippen LogP contribution in [0.5, 0.6) is 0 Å². The van der Waals surface area contributed by atoms with Crippen LogP contribution < -0.4 is 10.6 Å². The van der Waals surface area contributed by atoms with Crippen LogP contribution in [0.4, 0.5) is 0 Å². The first-order valence-electron chi connectivity index (χ1n) is 22.6. The van der Waals surface area contributed by atoms with Crippen molar-refractivity contribution in [1.82, 2.24) is 10.6 Å². The van der Waals surface area contributed by atoms with E-state index >= 15 is 0 Å². The van der Waals surface area contributed by atoms with Gasteiger partial charge < -0.3 is 40.5 Å². The zero-order valence-electron chi connectivity index (χ0n) is 37.1. The molecule has 9 heteroatoms. The zero-order chi connectivity index (χ0) is 43.2. The van der Waals surface area contributed by atoms with Gasteiger partial charge in [-0.15, -0.1) is 0 Å². The number of aliphatic hydroxyl groups is 4. The molecule has 4 aliphatic carbocycles. The van der Waals surface area contributed by atoms with Gasteiger partial charge in [0.2, 0.25) is 0 Å². The highest BCUT2D eigenvalue weighted by Gasteiger charge is 2.79. The van der Waals surface area contributed by atoms with E-state index in [1.165, 1.54) is 16.7 Å². The van der Waals surface area contributed by atoms with Crippen molar-refractivity contribution in [2.24, 2.45) is 34.0 Å². The number of carbonyl (C=O) groups excluding carboxylic acids is 1. The van der Waals surface area contributed by atoms with Gasteiger partial charge in [-0.1, -0.05) is 78.4 Å². The number of nitrogens with one attached hydrogen (secondary N) is 2. The fourth-order valence-corrected chi connectivity index (χ4v) is 12.8. The summed E-state index contributed by atoms with van der Waals surface area (Å²) in [6.45, 7) is 13.3. The first kappa shape index (κ1) is 46.5. The topological polar surface area (TPSA) is 141 Å². The Morgan fingerprint density at radius 3 is 2.60 bits per heavy atom. The SMILES string of the molecule is C=C(C=CC=C(COCCO)C12CCC34C(=C(C)C=O)C(C=CC3CCO)CC(O)(CCNC)C4(CC1)C2O)C1CC=C(C)CNC(C)(CCOC)Cc2cccc(c2)C1. The second-order valence-electron chi connectivity index (χ2n) is 19.2. The highest BCUT2D eigenvalue weighted by molar-refractivity contribution is 5.75. The molecule has 330 valence electrons. The quantitative estimate of drug-likeness (QED) is 0.0341. The average Bonchev–Trinajstić information content (AvgIpc) is 3.44. The van der Waals surface area contributed by atoms with Gasteiger partial charge in [-0.3, -0.25) is 4.79 Å². The van der Waals surface area contributed by atoms with Gasteiger partial charge in [0.15, 0.2) is 0 Å². The van der Waals surface area contributed by atoms with Crippen LogP contribution >= 0.6 is 0 Å². The Morgan fingerprint density at radius 2 is 1.87 bits per heavy atom. The predicted octanol–water partition coefficient (Wildman–Crippen LogP) is 6.52. The van der Waals surface area contributed by atoms with Gasteiger partial charge in [0.05, 0.1) is 31.5 Å². The molecular formula is C51H74N2O7. The molecule has 3 saturated carbocycles. The van der Waals surface area contributed by atoms with E-state index in [9.17, 15) is 25.2 Å². The molecule has 1 aromatic carbocycles. The first-order valence-corrected chi connectivity index (χ1v) is 22.6. The largest absolute Gasteiger partial charge is 0.396 e. The lowest BCUT2D eigenvalue weighted by atomic mass is 9.34. The molecule has 0 radical (unpaired) electrons. The monoisotopic (exact) mass is 827 g/mol. The second kappa shape index (κ2) is 19.6. The van der Waals surface area contributed by atoms with Crippen LogP contribution in [-0.2, 0) is 27.1 Å². The molecule has 0 aromatic heterocycles. The Balaban J connectivity index is 1.36. The summed E-state index contributed by atoms with van der Waals surface area (Å²) >= 11 is 0. The van der Waals surface area contributed by atoms with Crippen LogP contribution in [-0.4, -0.2) is 104 Å². The van der Waals surface area contributed by atoms with E-state index in [0.717, 1.165) is 55.2 Å². The highest BCUT2D eigenvalue weighted by atomic mass is 16.5. The highest BCUT2D eigenvalue weighted by Crippen LogP contribution is 2.80. The van der Waals surface area contributed by atoms with E-state index in [-0.39, 0.29) is 49.7 Å². The number of ether oxygens (including phenoxy) is 2. The van der Waals surface area contributed by atoms with Crippen molar-refractivity contribution in [1.29, 1.82) is 0 Å². The average molecular weight is 827 g/mol. The number of carbonyl (C=O) groups is 1. The lowest BCUT2D eigenvalue weighted by Gasteiger charge is -2.71. The van der Waals surface area contributed by atoms with Crippen LogP contribution in [0.1, 0.15) is 89.7 Å². The summed E-state index contributed by atoms with van der Waals surface area (Å²) in [5.41, 5.74) is 3.90. The maximum atomic E-state index is 13.3. The minimum atomic E-state index is -1.23. The van der Waals surface area contributed by atoms with E-state index in [0.29, 0.717) is 63.7 Å². The van der Waals surface area contributed by atoms with Crippen LogP contribution in [0, 0.1) is 34.0 Å². The lowest BCUT2D eigenvalue weighted by Crippen LogP contribution is -2.73. The summed E-state index contributed by atoms with van der Waals surface area (Å²) in [6.07, 6.45) is 20.4. The molecule has 2 spiro atoms. The number of aldehydes is 1. The van der Waals surface area contributed by atoms with Gasteiger partial charge in [0.1, 0.15) is 6.29 Å². The first-order chi connectivity index (χ1) is 28.8. The Labute approximate surface area is 359 Å². The molecule has 60 heavy (non-hydrogen) atoms. The van der Waals surface area contributed by atoms with Crippen LogP contribution in [0.25, 0.3) is 0 Å². The minimum absolute atomic E-state index is 0.0249. The summed E-state index contributed by atoms with van der Waals surface area (Å²) in [5.74, 6) is -0.0888. The number of benzene rings is 1. The molecule has 0 saturated heterocycles. The van der Waals surface area contributed by atoms with Gasteiger partial charge in [0.25, 0.3) is 0 Å². The third-order valence-corrected chi connectivity index (χ3v) is 15.7. The van der Waals surface area contributed by atoms with Crippen LogP contribution in [0.2, 0.25) is 0 Å². The van der Waals surface area contributed by atoms with Crippen molar-refractivity contribution in [3.63, 3.8) is 0 Å². The molecule has 1 aliphatic heterocycles. The molecule has 3 fully saturated rings. The molecule has 0 amide bonds. The third-order valence-electron chi connectivity index (χ3n) is 15.7. The predicted molar refractivity (Wildman–Crippen MR) is 239 cm³/mol. The fraction of sp³-hybridized carbons (Fsp3) is 0.627. The number of methoxy groups -OCH3 is 1. The number of fused-ring (bicyclic) bond motifs is 4. The van der Waals surface area contributed by atoms with Crippen molar-refractivity contribution in [2.45, 2.75) is 109 Å². The van der Waals surface area contributed by atoms with Crippen molar-refractivity contribution in [3.8, 4) is 0 Å². The molecule has 6 rings (SSSR count). The third kappa shape index (κ3) is 8.55. The molecule has 5 aliphatic rings. The van der Waals surface area contributed by atoms with Crippen molar-refractivity contribution in [2.75, 3.05) is 60.3 Å². The molecule has 9 atom stereocenters. The van der Waals surface area contributed by atoms with Crippen LogP contribution in [0.3, 0.4) is 0 Å². The van der Waals surface area contributed by atoms with E-state index < -0.39 is 27.9 Å². The van der Waals surface area contributed by atoms with Gasteiger partial charge in [-0.2, -0.15) is 0 Å². The summed E-state index contributed by atoms with van der Waals surface area (Å²) in [4.78, 5) is 12.7. The van der Waals surface area contributed by atoms with Gasteiger partial charge in [0, 0.05) is 54.6 Å². The molecule has 1 aromatic rings. The molecule has 6 bridgehead atoms. The fourth-order valence-electron chi connectivity index (χ4n) is 12.8. The Hall–Kier alpha value is -2.99. The van der Waals surface area contributed by atoms with Crippen molar-refractivity contribution in [3.05, 3.63) is 106 Å². The Kier molecular flexibility index (Phi) is 15.2. The maximum Gasteiger partial charge on any atom is 0.145 e. The summed E-state index contributed by atoms with van der Waals surface area (Å²) in [7, 11) is 3.65. The number of hydrogen-bond acceptors (Lipinski definition) is 9. The standard InChI is InChI=1S/C51H74N2O7/c1-36-13-14-41(30-39-10-8-11-40(29-39)31-47(4,53-33-36)23-27-59-6)37(2)9-7-12-44(35-60-28-26-55)48-18-20-50-43(17-25-54)16-15-42(45(50)38(3)34-56)32-49(58,22-24-52-5)51(50,21-19-48)46(48)57/h7-13,15-16,29,34,41-43,46,52-55,57-58H,2,14,17-28,30-33,35H2,1,3-6H3. The molecule has 1 heterocycles. The summed E-state index contributed by atoms with van der Waals surface area (Å²) < 4.78 is 11.6. The van der Waals surface area contributed by atoms with Crippen molar-refractivity contribution < 1.29 is 34.7 Å². The number of hydrogen-bond donors (Lipinski definition) is 6. The minimum Gasteiger partial charge on any atom is -0.396 e. The number of rotatable bonds is 17. The van der Waals surface area contributed by atoms with Crippen molar-refractivity contribution >= 4 is 6.29 Å². The molecular weight excluding hydrogens is 753 g/mol. The zero-order valence-corrected chi connectivity index (χ0v) is 37.1. The maximum absolute atomic E-state index is 13.3. The normalized spacial score (nSPS) is 36.3. The Bertz CT molecular complexity index is 1850. The number of allylic oxidation sites excluding steroid dienone is 9. The van der Waals surface area contributed by atoms with E-state index in [4.69, 9.17) is 9.47 Å². The molecule has 9 nitrogen and oxygen atoms in total. The van der Waals surface area contributed by atoms with E-state index in [1.807, 2.05) is 14.0 Å². The molecule has 9 unspecified atom stereocenters.